The fourth-order valence-corrected chi connectivity index (χ4v) is 2.60. The van der Waals surface area contributed by atoms with E-state index in [1.807, 2.05) is 0 Å². The highest BCUT2D eigenvalue weighted by Gasteiger charge is 2.22. The summed E-state index contributed by atoms with van der Waals surface area (Å²) in [6.07, 6.45) is 0. The lowest BCUT2D eigenvalue weighted by atomic mass is 9.97. The Morgan fingerprint density at radius 3 is 2.62 bits per heavy atom. The second-order valence-corrected chi connectivity index (χ2v) is 5.76. The molecule has 0 saturated heterocycles. The average molecular weight is 405 g/mol. The smallest absolute Gasteiger partial charge is 0.234 e. The zero-order chi connectivity index (χ0) is 18.2. The molecule has 0 bridgehead atoms. The number of hydrogen-bond donors (Lipinski definition) is 2. The molecule has 26 heavy (non-hydrogen) atoms. The van der Waals surface area contributed by atoms with Crippen molar-refractivity contribution in [2.45, 2.75) is 6.04 Å². The average Bonchev–Trinajstić information content (AvgIpc) is 2.60. The van der Waals surface area contributed by atoms with Crippen LogP contribution in [-0.4, -0.2) is 32.7 Å². The van der Waals surface area contributed by atoms with Crippen molar-refractivity contribution in [3.8, 4) is 0 Å². The molecule has 0 aliphatic rings. The van der Waals surface area contributed by atoms with E-state index in [0.717, 1.165) is 18.2 Å². The summed E-state index contributed by atoms with van der Waals surface area (Å²) in [6, 6.07) is 8.94. The Labute approximate surface area is 162 Å². The zero-order valence-electron chi connectivity index (χ0n) is 14.1. The van der Waals surface area contributed by atoms with E-state index in [0.29, 0.717) is 23.7 Å². The van der Waals surface area contributed by atoms with Gasteiger partial charge in [-0.25, -0.2) is 8.78 Å². The predicted octanol–water partition coefficient (Wildman–Crippen LogP) is 3.48. The first-order valence-electron chi connectivity index (χ1n) is 7.71. The number of nitrogens with one attached hydrogen (secondary N) is 2. The number of rotatable bonds is 8. The molecule has 1 unspecified atom stereocenters. The molecule has 0 radical (unpaired) electrons. The first kappa shape index (κ1) is 22.3. The van der Waals surface area contributed by atoms with Crippen LogP contribution in [0.4, 0.5) is 8.78 Å². The van der Waals surface area contributed by atoms with Gasteiger partial charge in [0.2, 0.25) is 5.91 Å². The van der Waals surface area contributed by atoms with E-state index in [-0.39, 0.29) is 30.4 Å². The van der Waals surface area contributed by atoms with E-state index in [1.54, 1.807) is 31.4 Å². The number of benzene rings is 2. The maximum atomic E-state index is 14.2. The second-order valence-electron chi connectivity index (χ2n) is 5.36. The minimum atomic E-state index is -0.902. The first-order chi connectivity index (χ1) is 12.0. The van der Waals surface area contributed by atoms with Crippen LogP contribution < -0.4 is 10.6 Å². The second kappa shape index (κ2) is 11.1. The van der Waals surface area contributed by atoms with Crippen molar-refractivity contribution in [3.63, 3.8) is 0 Å². The van der Waals surface area contributed by atoms with Crippen LogP contribution in [-0.2, 0) is 9.53 Å². The van der Waals surface area contributed by atoms with Crippen LogP contribution in [0.25, 0.3) is 0 Å². The molecule has 1 atom stereocenters. The van der Waals surface area contributed by atoms with E-state index in [2.05, 4.69) is 10.6 Å². The van der Waals surface area contributed by atoms with Crippen molar-refractivity contribution in [2.75, 3.05) is 26.8 Å². The Morgan fingerprint density at radius 2 is 1.92 bits per heavy atom. The molecule has 0 aromatic heterocycles. The molecule has 2 N–H and O–H groups in total. The number of hydrogen-bond acceptors (Lipinski definition) is 3. The molecule has 0 heterocycles. The topological polar surface area (TPSA) is 50.4 Å². The van der Waals surface area contributed by atoms with Gasteiger partial charge in [-0.05, 0) is 29.8 Å². The Balaban J connectivity index is 0.00000338. The molecule has 0 aliphatic heterocycles. The van der Waals surface area contributed by atoms with E-state index < -0.39 is 17.7 Å². The van der Waals surface area contributed by atoms with Gasteiger partial charge in [0.1, 0.15) is 11.6 Å². The quantitative estimate of drug-likeness (QED) is 0.662. The molecule has 2 rings (SSSR count). The fraction of sp³-hybridized carbons (Fsp3) is 0.278. The van der Waals surface area contributed by atoms with E-state index in [1.165, 1.54) is 0 Å². The first-order valence-corrected chi connectivity index (χ1v) is 8.09. The van der Waals surface area contributed by atoms with Gasteiger partial charge in [0, 0.05) is 24.2 Å². The summed E-state index contributed by atoms with van der Waals surface area (Å²) in [5, 5.41) is 5.95. The van der Waals surface area contributed by atoms with Gasteiger partial charge in [0.15, 0.2) is 0 Å². The number of halogens is 4. The monoisotopic (exact) mass is 404 g/mol. The zero-order valence-corrected chi connectivity index (χ0v) is 15.7. The van der Waals surface area contributed by atoms with Gasteiger partial charge in [0.05, 0.1) is 19.2 Å². The third-order valence-corrected chi connectivity index (χ3v) is 3.90. The summed E-state index contributed by atoms with van der Waals surface area (Å²) >= 11 is 6.19. The number of amides is 1. The lowest BCUT2D eigenvalue weighted by Gasteiger charge is -2.21. The molecule has 0 fully saturated rings. The lowest BCUT2D eigenvalue weighted by Crippen LogP contribution is -2.38. The summed E-state index contributed by atoms with van der Waals surface area (Å²) in [6.45, 7) is 0.968. The number of carbonyl (C=O) groups is 1. The molecule has 1 amide bonds. The lowest BCUT2D eigenvalue weighted by molar-refractivity contribution is -0.120. The van der Waals surface area contributed by atoms with Crippen LogP contribution in [0.5, 0.6) is 0 Å². The van der Waals surface area contributed by atoms with Crippen molar-refractivity contribution in [1.29, 1.82) is 0 Å². The van der Waals surface area contributed by atoms with Crippen LogP contribution in [0.2, 0.25) is 5.02 Å². The van der Waals surface area contributed by atoms with Crippen LogP contribution in [0.1, 0.15) is 17.2 Å². The van der Waals surface area contributed by atoms with E-state index in [9.17, 15) is 13.6 Å². The minimum absolute atomic E-state index is 0. The number of carbonyl (C=O) groups excluding carboxylic acids is 1. The minimum Gasteiger partial charge on any atom is -0.383 e. The van der Waals surface area contributed by atoms with Crippen molar-refractivity contribution in [3.05, 3.63) is 70.2 Å². The highest BCUT2D eigenvalue weighted by atomic mass is 35.5. The molecule has 142 valence electrons. The van der Waals surface area contributed by atoms with Gasteiger partial charge in [-0.15, -0.1) is 12.4 Å². The molecule has 8 heteroatoms. The highest BCUT2D eigenvalue weighted by Crippen LogP contribution is 2.30. The van der Waals surface area contributed by atoms with Crippen molar-refractivity contribution in [1.82, 2.24) is 10.6 Å². The standard InChI is InChI=1S/C18H19ClF2N2O2.ClH/c1-25-9-8-22-11-17(24)23-18(13-4-2-3-5-15(13)19)14-10-12(20)6-7-16(14)21;/h2-7,10,18,22H,8-9,11H2,1H3,(H,23,24);1H. The van der Waals surface area contributed by atoms with Gasteiger partial charge in [-0.3, -0.25) is 4.79 Å². The third kappa shape index (κ3) is 6.21. The van der Waals surface area contributed by atoms with Crippen LogP contribution in [0.3, 0.4) is 0 Å². The normalized spacial score (nSPS) is 11.5. The number of ether oxygens (including phenoxy) is 1. The molecule has 2 aromatic rings. The summed E-state index contributed by atoms with van der Waals surface area (Å²) in [4.78, 5) is 12.2. The van der Waals surface area contributed by atoms with Gasteiger partial charge in [-0.1, -0.05) is 29.8 Å². The Bertz CT molecular complexity index is 732. The Morgan fingerprint density at radius 1 is 1.19 bits per heavy atom. The highest BCUT2D eigenvalue weighted by molar-refractivity contribution is 6.31. The fourth-order valence-electron chi connectivity index (χ4n) is 2.36. The van der Waals surface area contributed by atoms with Crippen molar-refractivity contribution < 1.29 is 18.3 Å². The van der Waals surface area contributed by atoms with Gasteiger partial charge in [0.25, 0.3) is 0 Å². The van der Waals surface area contributed by atoms with Crippen LogP contribution in [0.15, 0.2) is 42.5 Å². The molecule has 4 nitrogen and oxygen atoms in total. The van der Waals surface area contributed by atoms with Crippen LogP contribution in [0, 0.1) is 11.6 Å². The van der Waals surface area contributed by atoms with E-state index in [4.69, 9.17) is 16.3 Å². The van der Waals surface area contributed by atoms with Crippen molar-refractivity contribution >= 4 is 29.9 Å². The molecule has 2 aromatic carbocycles. The predicted molar refractivity (Wildman–Crippen MR) is 99.8 cm³/mol. The number of methoxy groups -OCH3 is 1. The van der Waals surface area contributed by atoms with Gasteiger partial charge >= 0.3 is 0 Å². The summed E-state index contributed by atoms with van der Waals surface area (Å²) in [7, 11) is 1.56. The van der Waals surface area contributed by atoms with Gasteiger partial charge < -0.3 is 15.4 Å². The van der Waals surface area contributed by atoms with Crippen LogP contribution >= 0.6 is 24.0 Å². The molecule has 0 aliphatic carbocycles. The third-order valence-electron chi connectivity index (χ3n) is 3.56. The van der Waals surface area contributed by atoms with E-state index >= 15 is 0 Å². The van der Waals surface area contributed by atoms with Crippen molar-refractivity contribution in [2.24, 2.45) is 0 Å². The molecular weight excluding hydrogens is 385 g/mol. The SMILES string of the molecule is COCCNCC(=O)NC(c1cc(F)ccc1F)c1ccccc1Cl.Cl. The molecule has 0 saturated carbocycles. The summed E-state index contributed by atoms with van der Waals surface area (Å²) < 4.78 is 32.7. The Kier molecular flexibility index (Phi) is 9.51. The molecule has 0 spiro atoms. The molecular formula is C18H20Cl2F2N2O2. The summed E-state index contributed by atoms with van der Waals surface area (Å²) in [5.74, 6) is -1.59. The summed E-state index contributed by atoms with van der Waals surface area (Å²) in [5.41, 5.74) is 0.497. The maximum Gasteiger partial charge on any atom is 0.234 e. The van der Waals surface area contributed by atoms with Gasteiger partial charge in [-0.2, -0.15) is 0 Å². The Hall–Kier alpha value is -1.73. The largest absolute Gasteiger partial charge is 0.383 e. The maximum absolute atomic E-state index is 14.2.